The molecule has 2 aromatic heterocycles. The first-order valence-electron chi connectivity index (χ1n) is 5.00. The van der Waals surface area contributed by atoms with Crippen molar-refractivity contribution in [2.24, 2.45) is 5.73 Å². The molecule has 2 heterocycles. The predicted molar refractivity (Wildman–Crippen MR) is 56.2 cm³/mol. The monoisotopic (exact) mass is 256 g/mol. The number of hydrogen-bond donors (Lipinski definition) is 1. The molecule has 1 atom stereocenters. The lowest BCUT2D eigenvalue weighted by Crippen LogP contribution is -2.15. The first kappa shape index (κ1) is 12.3. The summed E-state index contributed by atoms with van der Waals surface area (Å²) in [6.07, 6.45) is 3.56. The maximum atomic E-state index is 11.9. The van der Waals surface area contributed by atoms with E-state index in [1.807, 2.05) is 0 Å². The normalized spacial score (nSPS) is 12.7. The van der Waals surface area contributed by atoms with Crippen LogP contribution in [-0.4, -0.2) is 31.3 Å². The van der Waals surface area contributed by atoms with Crippen molar-refractivity contribution >= 4 is 0 Å². The number of nitrogens with two attached hydrogens (primary N) is 1. The number of hydrogen-bond acceptors (Lipinski definition) is 6. The number of nitrogens with zero attached hydrogens (tertiary/aromatic N) is 5. The third kappa shape index (κ3) is 2.56. The van der Waals surface area contributed by atoms with E-state index in [2.05, 4.69) is 24.8 Å². The Morgan fingerprint density at radius 1 is 1.28 bits per heavy atom. The van der Waals surface area contributed by atoms with Gasteiger partial charge in [0.15, 0.2) is 11.6 Å². The minimum atomic E-state index is -2.91. The molecule has 2 N–H and O–H groups in total. The third-order valence-corrected chi connectivity index (χ3v) is 2.01. The van der Waals surface area contributed by atoms with Gasteiger partial charge < -0.3 is 10.5 Å². The van der Waals surface area contributed by atoms with Gasteiger partial charge in [-0.15, -0.1) is 0 Å². The average molecular weight is 256 g/mol. The highest BCUT2D eigenvalue weighted by Crippen LogP contribution is 2.13. The number of aromatic nitrogens is 5. The molecule has 0 amide bonds. The molecule has 2 rings (SSSR count). The van der Waals surface area contributed by atoms with Crippen LogP contribution in [0.2, 0.25) is 0 Å². The Labute approximate surface area is 101 Å². The Morgan fingerprint density at radius 2 is 1.94 bits per heavy atom. The fourth-order valence-corrected chi connectivity index (χ4v) is 1.30. The standard InChI is InChI=1S/C9H10F2N6O/c1-5(12)7-15-4-16-17(7)9-13-2-6(3-14-9)18-8(10)11/h2-5,8H,12H2,1H3. The molecule has 0 radical (unpaired) electrons. The molecule has 0 aliphatic rings. The van der Waals surface area contributed by atoms with E-state index in [1.54, 1.807) is 6.92 Å². The molecule has 0 aliphatic carbocycles. The Bertz CT molecular complexity index is 512. The van der Waals surface area contributed by atoms with Gasteiger partial charge >= 0.3 is 6.61 Å². The van der Waals surface area contributed by atoms with Crippen molar-refractivity contribution in [2.45, 2.75) is 19.6 Å². The predicted octanol–water partition coefficient (Wildman–Crippen LogP) is 0.678. The van der Waals surface area contributed by atoms with Gasteiger partial charge in [-0.05, 0) is 6.92 Å². The molecule has 0 bridgehead atoms. The van der Waals surface area contributed by atoms with Gasteiger partial charge in [-0.25, -0.2) is 15.0 Å². The topological polar surface area (TPSA) is 91.7 Å². The van der Waals surface area contributed by atoms with Crippen molar-refractivity contribution in [3.05, 3.63) is 24.5 Å². The quantitative estimate of drug-likeness (QED) is 0.864. The molecule has 0 aliphatic heterocycles. The van der Waals surface area contributed by atoms with E-state index in [1.165, 1.54) is 11.0 Å². The van der Waals surface area contributed by atoms with Crippen LogP contribution in [-0.2, 0) is 0 Å². The Balaban J connectivity index is 2.26. The van der Waals surface area contributed by atoms with E-state index < -0.39 is 6.61 Å². The van der Waals surface area contributed by atoms with E-state index in [9.17, 15) is 8.78 Å². The van der Waals surface area contributed by atoms with Crippen LogP contribution in [0.15, 0.2) is 18.7 Å². The number of ether oxygens (including phenoxy) is 1. The summed E-state index contributed by atoms with van der Waals surface area (Å²) in [5, 5.41) is 3.91. The molecule has 0 fully saturated rings. The van der Waals surface area contributed by atoms with E-state index in [-0.39, 0.29) is 17.7 Å². The molecule has 0 saturated heterocycles. The minimum absolute atomic E-state index is 0.129. The molecular formula is C9H10F2N6O. The zero-order valence-electron chi connectivity index (χ0n) is 9.36. The molecular weight excluding hydrogens is 246 g/mol. The molecule has 9 heteroatoms. The molecule has 0 saturated carbocycles. The zero-order chi connectivity index (χ0) is 13.1. The highest BCUT2D eigenvalue weighted by molar-refractivity contribution is 5.19. The van der Waals surface area contributed by atoms with Gasteiger partial charge in [-0.3, -0.25) is 0 Å². The zero-order valence-corrected chi connectivity index (χ0v) is 9.36. The second-order valence-electron chi connectivity index (χ2n) is 3.42. The van der Waals surface area contributed by atoms with Gasteiger partial charge in [-0.1, -0.05) is 0 Å². The van der Waals surface area contributed by atoms with Crippen LogP contribution in [0.5, 0.6) is 5.75 Å². The van der Waals surface area contributed by atoms with Gasteiger partial charge in [0.2, 0.25) is 0 Å². The lowest BCUT2D eigenvalue weighted by molar-refractivity contribution is -0.0503. The van der Waals surface area contributed by atoms with E-state index >= 15 is 0 Å². The maximum absolute atomic E-state index is 11.9. The molecule has 2 aromatic rings. The van der Waals surface area contributed by atoms with Crippen molar-refractivity contribution < 1.29 is 13.5 Å². The van der Waals surface area contributed by atoms with Crippen molar-refractivity contribution in [2.75, 3.05) is 0 Å². The van der Waals surface area contributed by atoms with Crippen molar-refractivity contribution in [3.63, 3.8) is 0 Å². The lowest BCUT2D eigenvalue weighted by atomic mass is 10.3. The first-order valence-corrected chi connectivity index (χ1v) is 5.00. The average Bonchev–Trinajstić information content (AvgIpc) is 2.78. The van der Waals surface area contributed by atoms with Gasteiger partial charge in [0, 0.05) is 0 Å². The van der Waals surface area contributed by atoms with Crippen LogP contribution in [0.3, 0.4) is 0 Å². The highest BCUT2D eigenvalue weighted by atomic mass is 19.3. The molecule has 7 nitrogen and oxygen atoms in total. The van der Waals surface area contributed by atoms with Crippen LogP contribution < -0.4 is 10.5 Å². The fraction of sp³-hybridized carbons (Fsp3) is 0.333. The molecule has 1 unspecified atom stereocenters. The van der Waals surface area contributed by atoms with Crippen molar-refractivity contribution in [3.8, 4) is 11.7 Å². The summed E-state index contributed by atoms with van der Waals surface area (Å²) < 4.78 is 29.4. The first-order chi connectivity index (χ1) is 8.58. The Hall–Kier alpha value is -2.16. The second-order valence-corrected chi connectivity index (χ2v) is 3.42. The Kier molecular flexibility index (Phi) is 3.42. The number of halogens is 2. The second kappa shape index (κ2) is 5.00. The van der Waals surface area contributed by atoms with Gasteiger partial charge in [0.1, 0.15) is 6.33 Å². The maximum Gasteiger partial charge on any atom is 0.387 e. The van der Waals surface area contributed by atoms with E-state index in [4.69, 9.17) is 5.73 Å². The minimum Gasteiger partial charge on any atom is -0.432 e. The van der Waals surface area contributed by atoms with Crippen LogP contribution >= 0.6 is 0 Å². The lowest BCUT2D eigenvalue weighted by Gasteiger charge is -2.07. The molecule has 0 spiro atoms. The molecule has 0 aromatic carbocycles. The number of rotatable bonds is 4. The van der Waals surface area contributed by atoms with Crippen molar-refractivity contribution in [1.82, 2.24) is 24.7 Å². The third-order valence-electron chi connectivity index (χ3n) is 2.01. The van der Waals surface area contributed by atoms with Crippen LogP contribution in [0.4, 0.5) is 8.78 Å². The number of alkyl halides is 2. The smallest absolute Gasteiger partial charge is 0.387 e. The van der Waals surface area contributed by atoms with E-state index in [0.29, 0.717) is 5.82 Å². The van der Waals surface area contributed by atoms with Crippen LogP contribution in [0.1, 0.15) is 18.8 Å². The molecule has 18 heavy (non-hydrogen) atoms. The van der Waals surface area contributed by atoms with Crippen molar-refractivity contribution in [1.29, 1.82) is 0 Å². The summed E-state index contributed by atoms with van der Waals surface area (Å²) in [5.74, 6) is 0.523. The fourth-order valence-electron chi connectivity index (χ4n) is 1.30. The van der Waals surface area contributed by atoms with Crippen LogP contribution in [0.25, 0.3) is 5.95 Å². The SMILES string of the molecule is CC(N)c1ncnn1-c1ncc(OC(F)F)cn1. The summed E-state index contributed by atoms with van der Waals surface area (Å²) in [4.78, 5) is 11.7. The highest BCUT2D eigenvalue weighted by Gasteiger charge is 2.13. The molecule has 96 valence electrons. The van der Waals surface area contributed by atoms with Gasteiger partial charge in [-0.2, -0.15) is 18.6 Å². The summed E-state index contributed by atoms with van der Waals surface area (Å²) in [6.45, 7) is -1.18. The summed E-state index contributed by atoms with van der Waals surface area (Å²) in [5.41, 5.74) is 5.69. The van der Waals surface area contributed by atoms with E-state index in [0.717, 1.165) is 12.4 Å². The summed E-state index contributed by atoms with van der Waals surface area (Å²) >= 11 is 0. The van der Waals surface area contributed by atoms with Gasteiger partial charge in [0.05, 0.1) is 18.4 Å². The van der Waals surface area contributed by atoms with Crippen LogP contribution in [0, 0.1) is 0 Å². The largest absolute Gasteiger partial charge is 0.432 e. The van der Waals surface area contributed by atoms with Gasteiger partial charge in [0.25, 0.3) is 5.95 Å². The summed E-state index contributed by atoms with van der Waals surface area (Å²) in [6, 6.07) is -0.354. The summed E-state index contributed by atoms with van der Waals surface area (Å²) in [7, 11) is 0. The Morgan fingerprint density at radius 3 is 2.50 bits per heavy atom.